The minimum atomic E-state index is 0.516. The summed E-state index contributed by atoms with van der Waals surface area (Å²) in [6.45, 7) is 0.802. The highest BCUT2D eigenvalue weighted by Gasteiger charge is 2.06. The van der Waals surface area contributed by atoms with Crippen LogP contribution in [0, 0.1) is 0 Å². The zero-order valence-electron chi connectivity index (χ0n) is 14.9. The molecule has 134 valence electrons. The number of benzene rings is 2. The van der Waals surface area contributed by atoms with Crippen LogP contribution in [-0.2, 0) is 6.42 Å². The summed E-state index contributed by atoms with van der Waals surface area (Å²) in [5.74, 6) is 2.62. The van der Waals surface area contributed by atoms with Crippen molar-refractivity contribution < 1.29 is 9.47 Å². The Kier molecular flexibility index (Phi) is 5.88. The second kappa shape index (κ2) is 8.71. The predicted molar refractivity (Wildman–Crippen MR) is 103 cm³/mol. The third kappa shape index (κ3) is 4.63. The molecular weight excluding hydrogens is 328 g/mol. The molecule has 0 saturated carbocycles. The Balaban J connectivity index is 1.62. The highest BCUT2D eigenvalue weighted by molar-refractivity contribution is 5.60. The van der Waals surface area contributed by atoms with Gasteiger partial charge in [0.25, 0.3) is 0 Å². The zero-order chi connectivity index (χ0) is 18.2. The molecule has 2 aromatic carbocycles. The van der Waals surface area contributed by atoms with Crippen LogP contribution >= 0.6 is 0 Å². The summed E-state index contributed by atoms with van der Waals surface area (Å²) in [5.41, 5.74) is 2.11. The van der Waals surface area contributed by atoms with E-state index in [9.17, 15) is 0 Å². The van der Waals surface area contributed by atoms with E-state index in [2.05, 4.69) is 32.7 Å². The van der Waals surface area contributed by atoms with Gasteiger partial charge in [-0.05, 0) is 30.2 Å². The Morgan fingerprint density at radius 1 is 0.923 bits per heavy atom. The van der Waals surface area contributed by atoms with Gasteiger partial charge in [0.1, 0.15) is 5.82 Å². The lowest BCUT2D eigenvalue weighted by Crippen LogP contribution is -2.07. The van der Waals surface area contributed by atoms with Gasteiger partial charge in [-0.2, -0.15) is 4.98 Å². The van der Waals surface area contributed by atoms with Gasteiger partial charge in [0.15, 0.2) is 11.5 Å². The predicted octanol–water partition coefficient (Wildman–Crippen LogP) is 3.89. The highest BCUT2D eigenvalue weighted by Crippen LogP contribution is 2.30. The number of rotatable bonds is 8. The molecule has 1 heterocycles. The van der Waals surface area contributed by atoms with Gasteiger partial charge in [-0.25, -0.2) is 4.98 Å². The number of hydrogen-bond acceptors (Lipinski definition) is 6. The number of nitrogens with zero attached hydrogens (tertiary/aromatic N) is 2. The van der Waals surface area contributed by atoms with Crippen LogP contribution in [0.15, 0.2) is 60.8 Å². The van der Waals surface area contributed by atoms with Gasteiger partial charge in [-0.1, -0.05) is 30.3 Å². The van der Waals surface area contributed by atoms with E-state index in [1.165, 1.54) is 5.56 Å². The monoisotopic (exact) mass is 350 g/mol. The number of nitrogens with one attached hydrogen (secondary N) is 2. The smallest absolute Gasteiger partial charge is 0.229 e. The molecule has 0 aliphatic carbocycles. The van der Waals surface area contributed by atoms with Crippen LogP contribution in [0.5, 0.6) is 11.5 Å². The van der Waals surface area contributed by atoms with Crippen LogP contribution in [0.4, 0.5) is 17.5 Å². The van der Waals surface area contributed by atoms with E-state index < -0.39 is 0 Å². The molecule has 0 saturated heterocycles. The fourth-order valence-electron chi connectivity index (χ4n) is 2.54. The van der Waals surface area contributed by atoms with Crippen molar-refractivity contribution in [1.82, 2.24) is 9.97 Å². The van der Waals surface area contributed by atoms with Gasteiger partial charge >= 0.3 is 0 Å². The van der Waals surface area contributed by atoms with Crippen molar-refractivity contribution in [3.8, 4) is 11.5 Å². The molecule has 0 aliphatic rings. The van der Waals surface area contributed by atoms with Crippen molar-refractivity contribution in [3.63, 3.8) is 0 Å². The average molecular weight is 350 g/mol. The van der Waals surface area contributed by atoms with E-state index in [1.807, 2.05) is 42.5 Å². The Hall–Kier alpha value is -3.28. The number of aromatic nitrogens is 2. The maximum absolute atomic E-state index is 5.32. The number of methoxy groups -OCH3 is 2. The van der Waals surface area contributed by atoms with Crippen LogP contribution < -0.4 is 20.1 Å². The average Bonchev–Trinajstić information content (AvgIpc) is 2.69. The summed E-state index contributed by atoms with van der Waals surface area (Å²) < 4.78 is 10.6. The first-order chi connectivity index (χ1) is 12.8. The SMILES string of the molecule is COc1ccc(Nc2nccc(NCCc3ccccc3)n2)cc1OC. The summed E-state index contributed by atoms with van der Waals surface area (Å²) in [5, 5.41) is 6.50. The molecule has 3 rings (SSSR count). The fraction of sp³-hybridized carbons (Fsp3) is 0.200. The lowest BCUT2D eigenvalue weighted by Gasteiger charge is -2.11. The summed E-state index contributed by atoms with van der Waals surface area (Å²) >= 11 is 0. The van der Waals surface area contributed by atoms with Crippen LogP contribution in [0.1, 0.15) is 5.56 Å². The van der Waals surface area contributed by atoms with Gasteiger partial charge in [-0.15, -0.1) is 0 Å². The third-order valence-electron chi connectivity index (χ3n) is 3.86. The quantitative estimate of drug-likeness (QED) is 0.642. The Labute approximate surface area is 153 Å². The third-order valence-corrected chi connectivity index (χ3v) is 3.86. The van der Waals surface area contributed by atoms with E-state index in [-0.39, 0.29) is 0 Å². The Morgan fingerprint density at radius 3 is 2.50 bits per heavy atom. The minimum Gasteiger partial charge on any atom is -0.493 e. The van der Waals surface area contributed by atoms with Crippen molar-refractivity contribution in [3.05, 3.63) is 66.4 Å². The van der Waals surface area contributed by atoms with Crippen molar-refractivity contribution >= 4 is 17.5 Å². The van der Waals surface area contributed by atoms with Gasteiger partial charge in [0.2, 0.25) is 5.95 Å². The Morgan fingerprint density at radius 2 is 1.73 bits per heavy atom. The summed E-state index contributed by atoms with van der Waals surface area (Å²) in [4.78, 5) is 8.76. The first-order valence-electron chi connectivity index (χ1n) is 8.38. The first-order valence-corrected chi connectivity index (χ1v) is 8.38. The largest absolute Gasteiger partial charge is 0.493 e. The van der Waals surface area contributed by atoms with Crippen molar-refractivity contribution in [2.24, 2.45) is 0 Å². The molecule has 0 aliphatic heterocycles. The van der Waals surface area contributed by atoms with Gasteiger partial charge in [0.05, 0.1) is 14.2 Å². The van der Waals surface area contributed by atoms with Crippen LogP contribution in [0.3, 0.4) is 0 Å². The molecular formula is C20H22N4O2. The van der Waals surface area contributed by atoms with E-state index in [0.717, 1.165) is 24.5 Å². The maximum Gasteiger partial charge on any atom is 0.229 e. The summed E-state index contributed by atoms with van der Waals surface area (Å²) in [6, 6.07) is 17.8. The molecule has 0 spiro atoms. The molecule has 0 atom stereocenters. The molecule has 26 heavy (non-hydrogen) atoms. The van der Waals surface area contributed by atoms with Gasteiger partial charge < -0.3 is 20.1 Å². The molecule has 6 heteroatoms. The van der Waals surface area contributed by atoms with Crippen LogP contribution in [0.2, 0.25) is 0 Å². The lowest BCUT2D eigenvalue weighted by atomic mass is 10.1. The second-order valence-electron chi connectivity index (χ2n) is 5.62. The van der Waals surface area contributed by atoms with Crippen molar-refractivity contribution in [2.75, 3.05) is 31.4 Å². The fourth-order valence-corrected chi connectivity index (χ4v) is 2.54. The highest BCUT2D eigenvalue weighted by atomic mass is 16.5. The topological polar surface area (TPSA) is 68.3 Å². The molecule has 0 unspecified atom stereocenters. The number of hydrogen-bond donors (Lipinski definition) is 2. The normalized spacial score (nSPS) is 10.2. The molecule has 0 fully saturated rings. The van der Waals surface area contributed by atoms with Crippen LogP contribution in [0.25, 0.3) is 0 Å². The first kappa shape index (κ1) is 17.5. The Bertz CT molecular complexity index is 840. The van der Waals surface area contributed by atoms with E-state index in [1.54, 1.807) is 20.4 Å². The number of anilines is 3. The van der Waals surface area contributed by atoms with Gasteiger partial charge in [0, 0.05) is 24.5 Å². The molecule has 0 bridgehead atoms. The summed E-state index contributed by atoms with van der Waals surface area (Å²) in [6.07, 6.45) is 2.66. The molecule has 6 nitrogen and oxygen atoms in total. The molecule has 2 N–H and O–H groups in total. The number of ether oxygens (including phenoxy) is 2. The van der Waals surface area contributed by atoms with E-state index in [4.69, 9.17) is 9.47 Å². The van der Waals surface area contributed by atoms with E-state index in [0.29, 0.717) is 17.4 Å². The van der Waals surface area contributed by atoms with Crippen molar-refractivity contribution in [2.45, 2.75) is 6.42 Å². The standard InChI is InChI=1S/C20H22N4O2/c1-25-17-9-8-16(14-18(17)26-2)23-20-22-13-11-19(24-20)21-12-10-15-6-4-3-5-7-15/h3-9,11,13-14H,10,12H2,1-2H3,(H2,21,22,23,24). The lowest BCUT2D eigenvalue weighted by molar-refractivity contribution is 0.355. The summed E-state index contributed by atoms with van der Waals surface area (Å²) in [7, 11) is 3.22. The van der Waals surface area contributed by atoms with E-state index >= 15 is 0 Å². The molecule has 0 radical (unpaired) electrons. The molecule has 1 aromatic heterocycles. The van der Waals surface area contributed by atoms with Crippen molar-refractivity contribution in [1.29, 1.82) is 0 Å². The minimum absolute atomic E-state index is 0.516. The van der Waals surface area contributed by atoms with Crippen LogP contribution in [-0.4, -0.2) is 30.7 Å². The maximum atomic E-state index is 5.32. The zero-order valence-corrected chi connectivity index (χ0v) is 14.9. The molecule has 0 amide bonds. The van der Waals surface area contributed by atoms with Gasteiger partial charge in [-0.3, -0.25) is 0 Å². The second-order valence-corrected chi connectivity index (χ2v) is 5.62. The molecule has 3 aromatic rings.